The lowest BCUT2D eigenvalue weighted by molar-refractivity contribution is -0.143. The summed E-state index contributed by atoms with van der Waals surface area (Å²) in [5.41, 5.74) is 1.17. The lowest BCUT2D eigenvalue weighted by Crippen LogP contribution is -2.27. The zero-order chi connectivity index (χ0) is 13.2. The van der Waals surface area contributed by atoms with E-state index >= 15 is 0 Å². The fourth-order valence-electron chi connectivity index (χ4n) is 1.77. The van der Waals surface area contributed by atoms with E-state index in [0.29, 0.717) is 13.0 Å². The predicted molar refractivity (Wildman–Crippen MR) is 74.8 cm³/mol. The van der Waals surface area contributed by atoms with Crippen molar-refractivity contribution in [1.29, 1.82) is 0 Å². The van der Waals surface area contributed by atoms with Crippen LogP contribution < -0.4 is 4.90 Å². The molecule has 100 valence electrons. The molecule has 3 nitrogen and oxygen atoms in total. The van der Waals surface area contributed by atoms with Crippen LogP contribution in [0.15, 0.2) is 30.3 Å². The zero-order valence-electron chi connectivity index (χ0n) is 11.4. The Bertz CT molecular complexity index is 338. The number of benzene rings is 1. The monoisotopic (exact) mass is 249 g/mol. The molecule has 0 aliphatic rings. The maximum absolute atomic E-state index is 11.4. The van der Waals surface area contributed by atoms with Gasteiger partial charge in [0, 0.05) is 18.7 Å². The molecule has 0 atom stereocenters. The Morgan fingerprint density at radius 2 is 1.94 bits per heavy atom. The zero-order valence-corrected chi connectivity index (χ0v) is 11.4. The lowest BCUT2D eigenvalue weighted by Gasteiger charge is -2.22. The highest BCUT2D eigenvalue weighted by molar-refractivity contribution is 5.69. The summed E-state index contributed by atoms with van der Waals surface area (Å²) in [7, 11) is 0. The van der Waals surface area contributed by atoms with Crippen molar-refractivity contribution >= 4 is 11.7 Å². The van der Waals surface area contributed by atoms with Crippen molar-refractivity contribution in [2.45, 2.75) is 33.1 Å². The third-order valence-electron chi connectivity index (χ3n) is 2.86. The molecular formula is C15H23NO2. The molecule has 0 aliphatic heterocycles. The van der Waals surface area contributed by atoms with Crippen molar-refractivity contribution in [2.24, 2.45) is 0 Å². The first kappa shape index (κ1) is 14.6. The number of para-hydroxylation sites is 1. The Hall–Kier alpha value is -1.51. The minimum absolute atomic E-state index is 0.0824. The van der Waals surface area contributed by atoms with E-state index in [1.165, 1.54) is 5.69 Å². The van der Waals surface area contributed by atoms with Gasteiger partial charge in [-0.05, 0) is 25.5 Å². The Morgan fingerprint density at radius 3 is 2.56 bits per heavy atom. The highest BCUT2D eigenvalue weighted by atomic mass is 16.5. The summed E-state index contributed by atoms with van der Waals surface area (Å²) >= 11 is 0. The predicted octanol–water partition coefficient (Wildman–Crippen LogP) is 3.25. The minimum Gasteiger partial charge on any atom is -0.464 e. The number of rotatable bonds is 8. The molecule has 0 bridgehead atoms. The fourth-order valence-corrected chi connectivity index (χ4v) is 1.77. The normalized spacial score (nSPS) is 10.1. The van der Waals surface area contributed by atoms with E-state index < -0.39 is 0 Å². The molecule has 0 N–H and O–H groups in total. The molecule has 18 heavy (non-hydrogen) atoms. The quantitative estimate of drug-likeness (QED) is 0.662. The average Bonchev–Trinajstić information content (AvgIpc) is 2.42. The number of likely N-dealkylation sites (N-methyl/N-ethyl adjacent to an activating group) is 1. The summed E-state index contributed by atoms with van der Waals surface area (Å²) in [4.78, 5) is 13.6. The van der Waals surface area contributed by atoms with E-state index in [1.54, 1.807) is 0 Å². The van der Waals surface area contributed by atoms with E-state index in [9.17, 15) is 4.79 Å². The molecule has 0 saturated carbocycles. The van der Waals surface area contributed by atoms with Gasteiger partial charge in [-0.25, -0.2) is 0 Å². The van der Waals surface area contributed by atoms with Crippen LogP contribution in [0, 0.1) is 0 Å². The molecule has 3 heteroatoms. The molecule has 0 amide bonds. The lowest BCUT2D eigenvalue weighted by atomic mass is 10.2. The summed E-state index contributed by atoms with van der Waals surface area (Å²) in [5.74, 6) is -0.0824. The van der Waals surface area contributed by atoms with E-state index in [0.717, 1.165) is 25.9 Å². The van der Waals surface area contributed by atoms with Gasteiger partial charge in [0.05, 0.1) is 6.54 Å². The first-order chi connectivity index (χ1) is 8.77. The molecule has 1 aromatic carbocycles. The largest absolute Gasteiger partial charge is 0.464 e. The summed E-state index contributed by atoms with van der Waals surface area (Å²) in [6.07, 6.45) is 2.48. The molecule has 1 aromatic rings. The number of nitrogens with zero attached hydrogens (tertiary/aromatic N) is 1. The van der Waals surface area contributed by atoms with Gasteiger partial charge in [-0.2, -0.15) is 0 Å². The van der Waals surface area contributed by atoms with Crippen LogP contribution in [-0.4, -0.2) is 25.7 Å². The molecule has 0 aliphatic carbocycles. The van der Waals surface area contributed by atoms with Crippen LogP contribution >= 0.6 is 0 Å². The van der Waals surface area contributed by atoms with Gasteiger partial charge in [-0.15, -0.1) is 0 Å². The number of anilines is 1. The summed E-state index contributed by atoms with van der Waals surface area (Å²) in [5, 5.41) is 0. The maximum Gasteiger partial charge on any atom is 0.305 e. The van der Waals surface area contributed by atoms with Crippen molar-refractivity contribution in [3.05, 3.63) is 30.3 Å². The van der Waals surface area contributed by atoms with Crippen LogP contribution in [0.3, 0.4) is 0 Å². The molecule has 0 saturated heterocycles. The number of carbonyl (C=O) groups is 1. The van der Waals surface area contributed by atoms with Crippen LogP contribution in [0.25, 0.3) is 0 Å². The molecular weight excluding hydrogens is 226 g/mol. The van der Waals surface area contributed by atoms with Crippen LogP contribution in [-0.2, 0) is 9.53 Å². The summed E-state index contributed by atoms with van der Waals surface area (Å²) in [6.45, 7) is 6.30. The number of carbonyl (C=O) groups excluding carboxylic acids is 1. The second-order valence-corrected chi connectivity index (χ2v) is 4.24. The number of unbranched alkanes of at least 4 members (excludes halogenated alkanes) is 1. The second kappa shape index (κ2) is 8.56. The van der Waals surface area contributed by atoms with E-state index in [-0.39, 0.29) is 5.97 Å². The average molecular weight is 249 g/mol. The van der Waals surface area contributed by atoms with Crippen LogP contribution in [0.1, 0.15) is 33.1 Å². The van der Waals surface area contributed by atoms with Gasteiger partial charge in [-0.1, -0.05) is 31.5 Å². The second-order valence-electron chi connectivity index (χ2n) is 4.24. The van der Waals surface area contributed by atoms with Crippen molar-refractivity contribution < 1.29 is 9.53 Å². The van der Waals surface area contributed by atoms with E-state index in [4.69, 9.17) is 4.74 Å². The van der Waals surface area contributed by atoms with Crippen molar-refractivity contribution in [3.63, 3.8) is 0 Å². The number of hydrogen-bond acceptors (Lipinski definition) is 3. The molecule has 0 aromatic heterocycles. The van der Waals surface area contributed by atoms with Gasteiger partial charge in [0.15, 0.2) is 0 Å². The van der Waals surface area contributed by atoms with Crippen LogP contribution in [0.5, 0.6) is 0 Å². The summed E-state index contributed by atoms with van der Waals surface area (Å²) in [6, 6.07) is 10.2. The van der Waals surface area contributed by atoms with Gasteiger partial charge in [-0.3, -0.25) is 4.79 Å². The number of ether oxygens (including phenoxy) is 1. The highest BCUT2D eigenvalue weighted by Crippen LogP contribution is 2.12. The Balaban J connectivity index is 2.30. The number of hydrogen-bond donors (Lipinski definition) is 0. The minimum atomic E-state index is -0.0824. The molecule has 0 spiro atoms. The van der Waals surface area contributed by atoms with Gasteiger partial charge >= 0.3 is 5.97 Å². The van der Waals surface area contributed by atoms with E-state index in [1.807, 2.05) is 18.2 Å². The smallest absolute Gasteiger partial charge is 0.305 e. The standard InChI is InChI=1S/C15H23NO2/c1-3-5-11-15(17)18-13-12-16(4-2)14-9-7-6-8-10-14/h6-10H,3-5,11-13H2,1-2H3. The Labute approximate surface area is 110 Å². The maximum atomic E-state index is 11.4. The molecule has 0 heterocycles. The number of esters is 1. The molecule has 0 radical (unpaired) electrons. The Kier molecular flexibility index (Phi) is 6.92. The van der Waals surface area contributed by atoms with Crippen molar-refractivity contribution in [3.8, 4) is 0 Å². The first-order valence-electron chi connectivity index (χ1n) is 6.73. The van der Waals surface area contributed by atoms with Crippen molar-refractivity contribution in [2.75, 3.05) is 24.6 Å². The third kappa shape index (κ3) is 5.21. The van der Waals surface area contributed by atoms with Crippen LogP contribution in [0.4, 0.5) is 5.69 Å². The van der Waals surface area contributed by atoms with Crippen molar-refractivity contribution in [1.82, 2.24) is 0 Å². The first-order valence-corrected chi connectivity index (χ1v) is 6.73. The van der Waals surface area contributed by atoms with Gasteiger partial charge < -0.3 is 9.64 Å². The Morgan fingerprint density at radius 1 is 1.22 bits per heavy atom. The summed E-state index contributed by atoms with van der Waals surface area (Å²) < 4.78 is 5.22. The molecule has 0 unspecified atom stereocenters. The molecule has 0 fully saturated rings. The fraction of sp³-hybridized carbons (Fsp3) is 0.533. The van der Waals surface area contributed by atoms with E-state index in [2.05, 4.69) is 30.9 Å². The van der Waals surface area contributed by atoms with Gasteiger partial charge in [0.25, 0.3) is 0 Å². The third-order valence-corrected chi connectivity index (χ3v) is 2.86. The SMILES string of the molecule is CCCCC(=O)OCCN(CC)c1ccccc1. The van der Waals surface area contributed by atoms with Gasteiger partial charge in [0.1, 0.15) is 6.61 Å². The van der Waals surface area contributed by atoms with Crippen LogP contribution in [0.2, 0.25) is 0 Å². The topological polar surface area (TPSA) is 29.5 Å². The highest BCUT2D eigenvalue weighted by Gasteiger charge is 2.05. The molecule has 1 rings (SSSR count). The van der Waals surface area contributed by atoms with Gasteiger partial charge in [0.2, 0.25) is 0 Å².